The van der Waals surface area contributed by atoms with Gasteiger partial charge in [0.25, 0.3) is 0 Å². The molecular formula is C73H118O6. The Bertz CT molecular complexity index is 1730. The minimum Gasteiger partial charge on any atom is -0.462 e. The van der Waals surface area contributed by atoms with Crippen molar-refractivity contribution in [3.63, 3.8) is 0 Å². The van der Waals surface area contributed by atoms with Gasteiger partial charge in [-0.15, -0.1) is 0 Å². The summed E-state index contributed by atoms with van der Waals surface area (Å²) in [5.74, 6) is -1.00. The van der Waals surface area contributed by atoms with Crippen LogP contribution in [0.25, 0.3) is 0 Å². The molecule has 0 aromatic rings. The Labute approximate surface area is 487 Å². The number of carbonyl (C=O) groups excluding carboxylic acids is 3. The lowest BCUT2D eigenvalue weighted by Crippen LogP contribution is -2.30. The third-order valence-corrected chi connectivity index (χ3v) is 13.3. The van der Waals surface area contributed by atoms with E-state index in [0.29, 0.717) is 19.3 Å². The molecule has 79 heavy (non-hydrogen) atoms. The summed E-state index contributed by atoms with van der Waals surface area (Å²) in [4.78, 5) is 38.3. The predicted octanol–water partition coefficient (Wildman–Crippen LogP) is 22.3. The molecule has 0 aliphatic heterocycles. The minimum absolute atomic E-state index is 0.114. The monoisotopic (exact) mass is 1090 g/mol. The van der Waals surface area contributed by atoms with Crippen molar-refractivity contribution in [2.75, 3.05) is 13.2 Å². The van der Waals surface area contributed by atoms with Crippen molar-refractivity contribution in [1.29, 1.82) is 0 Å². The molecule has 0 N–H and O–H groups in total. The molecule has 0 radical (unpaired) electrons. The number of hydrogen-bond acceptors (Lipinski definition) is 6. The van der Waals surface area contributed by atoms with Crippen LogP contribution >= 0.6 is 0 Å². The molecule has 0 aliphatic carbocycles. The average Bonchev–Trinajstić information content (AvgIpc) is 3.45. The zero-order valence-electron chi connectivity index (χ0n) is 51.1. The molecular weight excluding hydrogens is 973 g/mol. The zero-order valence-corrected chi connectivity index (χ0v) is 51.1. The zero-order chi connectivity index (χ0) is 57.1. The van der Waals surface area contributed by atoms with Gasteiger partial charge in [-0.3, -0.25) is 14.4 Å². The molecule has 0 heterocycles. The third-order valence-electron chi connectivity index (χ3n) is 13.3. The van der Waals surface area contributed by atoms with Gasteiger partial charge in [0.1, 0.15) is 13.2 Å². The van der Waals surface area contributed by atoms with Crippen molar-refractivity contribution in [3.8, 4) is 0 Å². The fraction of sp³-hybridized carbons (Fsp3) is 0.630. The van der Waals surface area contributed by atoms with E-state index >= 15 is 0 Å². The van der Waals surface area contributed by atoms with Crippen LogP contribution in [0.3, 0.4) is 0 Å². The van der Waals surface area contributed by atoms with Crippen LogP contribution in [0, 0.1) is 0 Å². The quantitative estimate of drug-likeness (QED) is 0.0261. The van der Waals surface area contributed by atoms with Crippen LogP contribution in [0.1, 0.15) is 278 Å². The summed E-state index contributed by atoms with van der Waals surface area (Å²) in [6.07, 6.45) is 94.3. The molecule has 0 bridgehead atoms. The van der Waals surface area contributed by atoms with Crippen LogP contribution in [-0.2, 0) is 28.6 Å². The highest BCUT2D eigenvalue weighted by molar-refractivity contribution is 5.71. The fourth-order valence-corrected chi connectivity index (χ4v) is 8.54. The van der Waals surface area contributed by atoms with Gasteiger partial charge < -0.3 is 14.2 Å². The van der Waals surface area contributed by atoms with E-state index in [1.807, 2.05) is 0 Å². The summed E-state index contributed by atoms with van der Waals surface area (Å²) in [6.45, 7) is 6.34. The molecule has 0 rings (SSSR count). The number of rotatable bonds is 57. The molecule has 0 saturated heterocycles. The van der Waals surface area contributed by atoms with Gasteiger partial charge in [-0.1, -0.05) is 269 Å². The van der Waals surface area contributed by atoms with Gasteiger partial charge in [-0.05, 0) is 135 Å². The Kier molecular flexibility index (Phi) is 61.9. The third kappa shape index (κ3) is 64.0. The van der Waals surface area contributed by atoms with Crippen molar-refractivity contribution in [2.45, 2.75) is 284 Å². The molecule has 6 heteroatoms. The molecule has 0 aromatic carbocycles. The lowest BCUT2D eigenvalue weighted by molar-refractivity contribution is -0.167. The van der Waals surface area contributed by atoms with Crippen LogP contribution in [0.4, 0.5) is 0 Å². The van der Waals surface area contributed by atoms with Gasteiger partial charge in [-0.25, -0.2) is 0 Å². The number of allylic oxidation sites excluding steroid dienone is 24. The van der Waals surface area contributed by atoms with Crippen LogP contribution in [0.5, 0.6) is 0 Å². The van der Waals surface area contributed by atoms with Gasteiger partial charge in [-0.2, -0.15) is 0 Å². The number of carbonyl (C=O) groups is 3. The van der Waals surface area contributed by atoms with Gasteiger partial charge in [0.15, 0.2) is 6.10 Å². The van der Waals surface area contributed by atoms with Crippen LogP contribution in [0.2, 0.25) is 0 Å². The number of hydrogen-bond donors (Lipinski definition) is 0. The van der Waals surface area contributed by atoms with Crippen molar-refractivity contribution >= 4 is 17.9 Å². The summed E-state index contributed by atoms with van der Waals surface area (Å²) in [5, 5.41) is 0. The Balaban J connectivity index is 4.43. The SMILES string of the molecule is CC/C=C\C/C=C\C/C=C\C/C=C\C/C=C\CCCC(=O)OC(COC(=O)CCCCCC/C=C\C/C=C\C/C=C\C/C=C\CC)COC(=O)CCCCCCCCCCCCCC/C=C\C/C=C\C/C=C\CCCCCCC. The number of unbranched alkanes of at least 4 members (excludes halogenated alkanes) is 22. The topological polar surface area (TPSA) is 78.9 Å². The highest BCUT2D eigenvalue weighted by Crippen LogP contribution is 2.15. The molecule has 0 amide bonds. The molecule has 0 aromatic heterocycles. The molecule has 0 aliphatic rings. The largest absolute Gasteiger partial charge is 0.462 e. The van der Waals surface area contributed by atoms with Crippen molar-refractivity contribution in [1.82, 2.24) is 0 Å². The predicted molar refractivity (Wildman–Crippen MR) is 343 cm³/mol. The van der Waals surface area contributed by atoms with Crippen molar-refractivity contribution in [3.05, 3.63) is 146 Å². The Morgan fingerprint density at radius 2 is 0.506 bits per heavy atom. The Morgan fingerprint density at radius 3 is 0.810 bits per heavy atom. The van der Waals surface area contributed by atoms with E-state index in [9.17, 15) is 14.4 Å². The maximum atomic E-state index is 12.9. The summed E-state index contributed by atoms with van der Waals surface area (Å²) in [5.41, 5.74) is 0. The molecule has 6 nitrogen and oxygen atoms in total. The fourth-order valence-electron chi connectivity index (χ4n) is 8.54. The van der Waals surface area contributed by atoms with E-state index in [-0.39, 0.29) is 37.5 Å². The first-order valence-electron chi connectivity index (χ1n) is 32.3. The Hall–Kier alpha value is -4.71. The first-order valence-corrected chi connectivity index (χ1v) is 32.3. The number of esters is 3. The molecule has 0 fully saturated rings. The van der Waals surface area contributed by atoms with Gasteiger partial charge in [0, 0.05) is 19.3 Å². The standard InChI is InChI=1S/C73H118O6/c1-4-7-10-13-16-19-22-25-28-31-32-33-34-35-36-37-38-39-40-43-45-48-51-54-57-60-63-66-72(75)78-69-70(79-73(76)67-64-61-58-55-52-49-46-42-30-27-24-21-18-15-12-9-6-3)68-77-71(74)65-62-59-56-53-50-47-44-41-29-26-23-20-17-14-11-8-5-2/h8-9,11-12,17-18,20-22,25-27,29-32,34-35,44,46-47,49,55,58,70H,4-7,10,13-16,19,23-24,28,33,36-43,45,48,50-54,56-57,59-69H2,1-3H3/b11-8-,12-9-,20-17-,21-18-,25-22-,29-26-,30-27-,32-31-,35-34-,47-44-,49-46-,58-55-. The second-order valence-corrected chi connectivity index (χ2v) is 20.9. The van der Waals surface area contributed by atoms with Gasteiger partial charge >= 0.3 is 17.9 Å². The summed E-state index contributed by atoms with van der Waals surface area (Å²) >= 11 is 0. The highest BCUT2D eigenvalue weighted by atomic mass is 16.6. The maximum absolute atomic E-state index is 12.9. The van der Waals surface area contributed by atoms with E-state index in [0.717, 1.165) is 128 Å². The average molecular weight is 1090 g/mol. The second kappa shape index (κ2) is 65.8. The van der Waals surface area contributed by atoms with Gasteiger partial charge in [0.2, 0.25) is 0 Å². The van der Waals surface area contributed by atoms with E-state index in [1.54, 1.807) is 0 Å². The van der Waals surface area contributed by atoms with E-state index < -0.39 is 6.10 Å². The normalized spacial score (nSPS) is 13.1. The molecule has 446 valence electrons. The summed E-state index contributed by atoms with van der Waals surface area (Å²) in [7, 11) is 0. The van der Waals surface area contributed by atoms with Crippen LogP contribution in [0.15, 0.2) is 146 Å². The van der Waals surface area contributed by atoms with E-state index in [1.165, 1.54) is 103 Å². The second-order valence-electron chi connectivity index (χ2n) is 20.9. The first-order chi connectivity index (χ1) is 39.0. The molecule has 1 atom stereocenters. The van der Waals surface area contributed by atoms with Crippen LogP contribution < -0.4 is 0 Å². The highest BCUT2D eigenvalue weighted by Gasteiger charge is 2.19. The Morgan fingerprint density at radius 1 is 0.266 bits per heavy atom. The molecule has 1 unspecified atom stereocenters. The van der Waals surface area contributed by atoms with E-state index in [2.05, 4.69) is 167 Å². The smallest absolute Gasteiger partial charge is 0.306 e. The van der Waals surface area contributed by atoms with Crippen molar-refractivity contribution < 1.29 is 28.6 Å². The lowest BCUT2D eigenvalue weighted by Gasteiger charge is -2.18. The molecule has 0 saturated carbocycles. The summed E-state index contributed by atoms with van der Waals surface area (Å²) < 4.78 is 16.9. The summed E-state index contributed by atoms with van der Waals surface area (Å²) in [6, 6.07) is 0. The first kappa shape index (κ1) is 74.3. The minimum atomic E-state index is -0.827. The van der Waals surface area contributed by atoms with Crippen LogP contribution in [-0.4, -0.2) is 37.2 Å². The molecule has 0 spiro atoms. The van der Waals surface area contributed by atoms with Crippen molar-refractivity contribution in [2.24, 2.45) is 0 Å². The van der Waals surface area contributed by atoms with E-state index in [4.69, 9.17) is 14.2 Å². The number of ether oxygens (including phenoxy) is 3. The lowest BCUT2D eigenvalue weighted by atomic mass is 10.0. The van der Waals surface area contributed by atoms with Gasteiger partial charge in [0.05, 0.1) is 0 Å². The maximum Gasteiger partial charge on any atom is 0.306 e.